The van der Waals surface area contributed by atoms with E-state index in [2.05, 4.69) is 4.98 Å². The molecule has 1 rings (SSSR count). The minimum absolute atomic E-state index is 0.0296. The molecule has 0 bridgehead atoms. The molecule has 86 valence electrons. The predicted octanol–water partition coefficient (Wildman–Crippen LogP) is 1.68. The summed E-state index contributed by atoms with van der Waals surface area (Å²) in [5.74, 6) is 0.704. The van der Waals surface area contributed by atoms with Crippen molar-refractivity contribution in [1.29, 1.82) is 0 Å². The lowest BCUT2D eigenvalue weighted by Gasteiger charge is -2.18. The summed E-state index contributed by atoms with van der Waals surface area (Å²) in [5, 5.41) is 0. The van der Waals surface area contributed by atoms with Crippen LogP contribution in [0.15, 0.2) is 12.4 Å². The number of aromatic nitrogens is 2. The summed E-state index contributed by atoms with van der Waals surface area (Å²) in [6.45, 7) is 5.96. The summed E-state index contributed by atoms with van der Waals surface area (Å²) in [5.41, 5.74) is 0. The van der Waals surface area contributed by atoms with Gasteiger partial charge in [-0.2, -0.15) is 8.42 Å². The first kappa shape index (κ1) is 12.2. The zero-order valence-electron chi connectivity index (χ0n) is 9.08. The largest absolute Gasteiger partial charge is 0.364 e. The Bertz CT molecular complexity index is 422. The van der Waals surface area contributed by atoms with Crippen LogP contribution in [0.5, 0.6) is 0 Å². The summed E-state index contributed by atoms with van der Waals surface area (Å²) < 4.78 is 31.9. The number of imidazole rings is 1. The second-order valence-corrected chi connectivity index (χ2v) is 5.11. The summed E-state index contributed by atoms with van der Waals surface area (Å²) >= 11 is 0. The molecule has 0 saturated heterocycles. The van der Waals surface area contributed by atoms with Crippen LogP contribution in [0.1, 0.15) is 38.9 Å². The van der Waals surface area contributed by atoms with Gasteiger partial charge in [0.1, 0.15) is 5.82 Å². The molecule has 0 spiro atoms. The molecule has 0 aliphatic rings. The Morgan fingerprint density at radius 1 is 1.53 bits per heavy atom. The highest BCUT2D eigenvalue weighted by molar-refractivity contribution is 7.84. The van der Waals surface area contributed by atoms with E-state index in [-0.39, 0.29) is 11.8 Å². The fourth-order valence-electron chi connectivity index (χ4n) is 1.71. The first-order valence-corrected chi connectivity index (χ1v) is 6.28. The number of rotatable bonds is 4. The van der Waals surface area contributed by atoms with E-state index in [1.807, 2.05) is 20.8 Å². The van der Waals surface area contributed by atoms with E-state index in [1.165, 1.54) is 12.4 Å². The molecule has 1 unspecified atom stereocenters. The van der Waals surface area contributed by atoms with Gasteiger partial charge in [-0.25, -0.2) is 8.96 Å². The van der Waals surface area contributed by atoms with Crippen molar-refractivity contribution < 1.29 is 13.0 Å². The van der Waals surface area contributed by atoms with Crippen LogP contribution in [0.3, 0.4) is 0 Å². The van der Waals surface area contributed by atoms with Gasteiger partial charge in [-0.1, -0.05) is 20.8 Å². The molecule has 0 aliphatic heterocycles. The predicted molar refractivity (Wildman–Crippen MR) is 57.0 cm³/mol. The number of hydrogen-bond donors (Lipinski definition) is 1. The Labute approximate surface area is 90.0 Å². The highest BCUT2D eigenvalue weighted by atomic mass is 32.2. The molecule has 15 heavy (non-hydrogen) atoms. The maximum absolute atomic E-state index is 11.0. The molecular formula is C9H16N2O3S. The zero-order valence-corrected chi connectivity index (χ0v) is 9.90. The third kappa shape index (κ3) is 2.57. The van der Waals surface area contributed by atoms with Crippen molar-refractivity contribution in [1.82, 2.24) is 8.96 Å². The molecule has 1 N–H and O–H groups in total. The monoisotopic (exact) mass is 232 g/mol. The molecule has 5 nitrogen and oxygen atoms in total. The fourth-order valence-corrected chi connectivity index (χ4v) is 2.34. The highest BCUT2D eigenvalue weighted by Crippen LogP contribution is 2.26. The Morgan fingerprint density at radius 2 is 2.13 bits per heavy atom. The standard InChI is InChI=1S/C9H16N2O3S/c1-4-8(7(2)3)9-10-5-6-11(9)15(12,13)14/h5-8H,4H2,1-3H3,(H,12,13,14). The summed E-state index contributed by atoms with van der Waals surface area (Å²) in [6.07, 6.45) is 3.42. The molecule has 1 aromatic rings. The summed E-state index contributed by atoms with van der Waals surface area (Å²) in [7, 11) is -4.22. The van der Waals surface area contributed by atoms with Gasteiger partial charge >= 0.3 is 10.3 Å². The molecule has 6 heteroatoms. The van der Waals surface area contributed by atoms with Gasteiger partial charge in [-0.05, 0) is 12.3 Å². The molecule has 0 aromatic carbocycles. The van der Waals surface area contributed by atoms with Crippen molar-refractivity contribution in [3.63, 3.8) is 0 Å². The summed E-state index contributed by atoms with van der Waals surface area (Å²) in [4.78, 5) is 4.00. The van der Waals surface area contributed by atoms with E-state index in [0.29, 0.717) is 5.82 Å². The van der Waals surface area contributed by atoms with Gasteiger partial charge < -0.3 is 0 Å². The van der Waals surface area contributed by atoms with Crippen molar-refractivity contribution in [2.45, 2.75) is 33.1 Å². The lowest BCUT2D eigenvalue weighted by Crippen LogP contribution is -2.18. The molecule has 1 atom stereocenters. The minimum Gasteiger partial charge on any atom is -0.269 e. The van der Waals surface area contributed by atoms with Crippen molar-refractivity contribution in [3.05, 3.63) is 18.2 Å². The molecule has 1 heterocycles. The average Bonchev–Trinajstić information content (AvgIpc) is 2.52. The van der Waals surface area contributed by atoms with Gasteiger partial charge in [0.05, 0.1) is 0 Å². The quantitative estimate of drug-likeness (QED) is 0.802. The van der Waals surface area contributed by atoms with E-state index < -0.39 is 10.3 Å². The summed E-state index contributed by atoms with van der Waals surface area (Å²) in [6, 6.07) is 0. The Balaban J connectivity index is 3.20. The van der Waals surface area contributed by atoms with Crippen LogP contribution in [0.2, 0.25) is 0 Å². The Morgan fingerprint density at radius 3 is 2.53 bits per heavy atom. The lowest BCUT2D eigenvalue weighted by molar-refractivity contribution is 0.440. The highest BCUT2D eigenvalue weighted by Gasteiger charge is 2.23. The van der Waals surface area contributed by atoms with Gasteiger partial charge in [-0.3, -0.25) is 4.55 Å². The third-order valence-corrected chi connectivity index (χ3v) is 3.27. The normalized spacial score (nSPS) is 14.5. The lowest BCUT2D eigenvalue weighted by atomic mass is 9.93. The van der Waals surface area contributed by atoms with Crippen molar-refractivity contribution in [2.24, 2.45) is 5.92 Å². The Kier molecular flexibility index (Phi) is 3.51. The van der Waals surface area contributed by atoms with Crippen LogP contribution in [0.4, 0.5) is 0 Å². The Hall–Kier alpha value is -0.880. The van der Waals surface area contributed by atoms with Gasteiger partial charge in [0.15, 0.2) is 0 Å². The maximum atomic E-state index is 11.0. The van der Waals surface area contributed by atoms with Crippen LogP contribution in [-0.2, 0) is 10.3 Å². The number of nitrogens with zero attached hydrogens (tertiary/aromatic N) is 2. The first-order valence-electron chi connectivity index (χ1n) is 4.89. The van der Waals surface area contributed by atoms with Gasteiger partial charge in [-0.15, -0.1) is 0 Å². The van der Waals surface area contributed by atoms with E-state index in [9.17, 15) is 8.42 Å². The van der Waals surface area contributed by atoms with E-state index in [4.69, 9.17) is 4.55 Å². The van der Waals surface area contributed by atoms with E-state index >= 15 is 0 Å². The third-order valence-electron chi connectivity index (χ3n) is 2.46. The van der Waals surface area contributed by atoms with Crippen molar-refractivity contribution >= 4 is 10.3 Å². The average molecular weight is 232 g/mol. The second kappa shape index (κ2) is 4.32. The van der Waals surface area contributed by atoms with E-state index in [1.54, 1.807) is 0 Å². The van der Waals surface area contributed by atoms with Gasteiger partial charge in [0.25, 0.3) is 0 Å². The second-order valence-electron chi connectivity index (χ2n) is 3.82. The van der Waals surface area contributed by atoms with Crippen LogP contribution in [0.25, 0.3) is 0 Å². The van der Waals surface area contributed by atoms with Crippen LogP contribution in [0, 0.1) is 5.92 Å². The van der Waals surface area contributed by atoms with Crippen LogP contribution < -0.4 is 0 Å². The molecule has 0 fully saturated rings. The van der Waals surface area contributed by atoms with Crippen molar-refractivity contribution in [2.75, 3.05) is 0 Å². The number of hydrogen-bond acceptors (Lipinski definition) is 3. The van der Waals surface area contributed by atoms with Crippen LogP contribution in [-0.4, -0.2) is 21.9 Å². The molecule has 0 radical (unpaired) electrons. The maximum Gasteiger partial charge on any atom is 0.364 e. The topological polar surface area (TPSA) is 72.2 Å². The molecule has 0 saturated carbocycles. The van der Waals surface area contributed by atoms with Gasteiger partial charge in [0, 0.05) is 18.3 Å². The first-order chi connectivity index (χ1) is 6.88. The molecule has 0 amide bonds. The van der Waals surface area contributed by atoms with E-state index in [0.717, 1.165) is 10.4 Å². The zero-order chi connectivity index (χ0) is 11.6. The van der Waals surface area contributed by atoms with Gasteiger partial charge in [0.2, 0.25) is 0 Å². The smallest absolute Gasteiger partial charge is 0.269 e. The molecule has 0 aliphatic carbocycles. The fraction of sp³-hybridized carbons (Fsp3) is 0.667. The molecular weight excluding hydrogens is 216 g/mol. The van der Waals surface area contributed by atoms with Crippen LogP contribution >= 0.6 is 0 Å². The molecule has 1 aromatic heterocycles. The van der Waals surface area contributed by atoms with Crippen molar-refractivity contribution in [3.8, 4) is 0 Å². The SMILES string of the molecule is CCC(c1nccn1S(=O)(=O)O)C(C)C. The minimum atomic E-state index is -4.22.